The fraction of sp³-hybridized carbons (Fsp3) is 1.00. The van der Waals surface area contributed by atoms with Gasteiger partial charge >= 0.3 is 0 Å². The number of hydrogen-bond donors (Lipinski definition) is 1. The smallest absolute Gasteiger partial charge is 0.0217 e. The third-order valence-electron chi connectivity index (χ3n) is 3.86. The Morgan fingerprint density at radius 2 is 2.07 bits per heavy atom. The summed E-state index contributed by atoms with van der Waals surface area (Å²) in [5.41, 5.74) is 0. The van der Waals surface area contributed by atoms with Crippen molar-refractivity contribution < 1.29 is 0 Å². The Hall–Kier alpha value is -0.0800. The van der Waals surface area contributed by atoms with Gasteiger partial charge in [-0.1, -0.05) is 13.3 Å². The van der Waals surface area contributed by atoms with Crippen LogP contribution in [0, 0.1) is 5.92 Å². The van der Waals surface area contributed by atoms with E-state index in [4.69, 9.17) is 0 Å². The minimum absolute atomic E-state index is 0.639. The van der Waals surface area contributed by atoms with E-state index in [1.807, 2.05) is 0 Å². The molecule has 0 aromatic rings. The fourth-order valence-electron chi connectivity index (χ4n) is 2.34. The van der Waals surface area contributed by atoms with E-state index < -0.39 is 0 Å². The Balaban J connectivity index is 2.29. The Kier molecular flexibility index (Phi) is 4.90. The molecule has 1 N–H and O–H groups in total. The summed E-state index contributed by atoms with van der Waals surface area (Å²) in [4.78, 5) is 2.52. The van der Waals surface area contributed by atoms with E-state index in [2.05, 4.69) is 38.2 Å². The highest BCUT2D eigenvalue weighted by molar-refractivity contribution is 4.80. The fourth-order valence-corrected chi connectivity index (χ4v) is 2.34. The van der Waals surface area contributed by atoms with Gasteiger partial charge in [0, 0.05) is 18.6 Å². The first-order chi connectivity index (χ1) is 6.69. The van der Waals surface area contributed by atoms with Gasteiger partial charge in [0.25, 0.3) is 0 Å². The lowest BCUT2D eigenvalue weighted by atomic mass is 9.85. The third kappa shape index (κ3) is 2.96. The summed E-state index contributed by atoms with van der Waals surface area (Å²) in [6.07, 6.45) is 5.57. The van der Waals surface area contributed by atoms with Crippen LogP contribution in [-0.2, 0) is 0 Å². The van der Waals surface area contributed by atoms with Gasteiger partial charge < -0.3 is 10.2 Å². The molecule has 2 heteroatoms. The molecule has 0 amide bonds. The Morgan fingerprint density at radius 1 is 1.43 bits per heavy atom. The van der Waals surface area contributed by atoms with E-state index in [-0.39, 0.29) is 0 Å². The molecular weight excluding hydrogens is 172 g/mol. The van der Waals surface area contributed by atoms with E-state index in [1.54, 1.807) is 0 Å². The van der Waals surface area contributed by atoms with Crippen LogP contribution < -0.4 is 5.32 Å². The molecule has 1 rings (SSSR count). The Labute approximate surface area is 89.1 Å². The number of nitrogens with zero attached hydrogens (tertiary/aromatic N) is 1. The van der Waals surface area contributed by atoms with Crippen molar-refractivity contribution in [1.82, 2.24) is 10.2 Å². The molecule has 0 aromatic carbocycles. The number of nitrogens with one attached hydrogen (secondary N) is 1. The first-order valence-electron chi connectivity index (χ1n) is 6.06. The maximum atomic E-state index is 3.40. The van der Waals surface area contributed by atoms with Gasteiger partial charge in [-0.3, -0.25) is 0 Å². The lowest BCUT2D eigenvalue weighted by Crippen LogP contribution is -2.47. The number of hydrogen-bond acceptors (Lipinski definition) is 2. The largest absolute Gasteiger partial charge is 0.315 e. The molecule has 2 unspecified atom stereocenters. The molecule has 2 atom stereocenters. The van der Waals surface area contributed by atoms with Crippen molar-refractivity contribution in [2.75, 3.05) is 20.6 Å². The van der Waals surface area contributed by atoms with Crippen molar-refractivity contribution in [3.63, 3.8) is 0 Å². The van der Waals surface area contributed by atoms with Gasteiger partial charge in [0.15, 0.2) is 0 Å². The second kappa shape index (κ2) is 5.72. The normalized spacial score (nSPS) is 22.1. The van der Waals surface area contributed by atoms with Crippen LogP contribution in [0.4, 0.5) is 0 Å². The molecule has 0 bridgehead atoms. The standard InChI is InChI=1S/C12H26N2/c1-5-12(13-3)10(2)14(4)9-11-7-6-8-11/h10-13H,5-9H2,1-4H3. The van der Waals surface area contributed by atoms with Crippen LogP contribution >= 0.6 is 0 Å². The van der Waals surface area contributed by atoms with Crippen LogP contribution in [0.3, 0.4) is 0 Å². The second-order valence-corrected chi connectivity index (χ2v) is 4.78. The summed E-state index contributed by atoms with van der Waals surface area (Å²) in [5.74, 6) is 0.983. The summed E-state index contributed by atoms with van der Waals surface area (Å²) in [6, 6.07) is 1.30. The maximum absolute atomic E-state index is 3.40. The molecule has 0 aliphatic heterocycles. The summed E-state index contributed by atoms with van der Waals surface area (Å²) in [5, 5.41) is 3.40. The SMILES string of the molecule is CCC(NC)C(C)N(C)CC1CCC1. The average Bonchev–Trinajstić information content (AvgIpc) is 2.12. The molecular formula is C12H26N2. The molecule has 84 valence electrons. The van der Waals surface area contributed by atoms with Crippen LogP contribution in [-0.4, -0.2) is 37.6 Å². The summed E-state index contributed by atoms with van der Waals surface area (Å²) in [7, 11) is 4.34. The molecule has 0 saturated heterocycles. The maximum Gasteiger partial charge on any atom is 0.0217 e. The van der Waals surface area contributed by atoms with Crippen molar-refractivity contribution >= 4 is 0 Å². The number of likely N-dealkylation sites (N-methyl/N-ethyl adjacent to an activating group) is 2. The molecule has 1 fully saturated rings. The van der Waals surface area contributed by atoms with Crippen molar-refractivity contribution in [1.29, 1.82) is 0 Å². The molecule has 0 heterocycles. The predicted molar refractivity (Wildman–Crippen MR) is 62.6 cm³/mol. The topological polar surface area (TPSA) is 15.3 Å². The highest BCUT2D eigenvalue weighted by atomic mass is 15.2. The molecule has 1 aliphatic rings. The monoisotopic (exact) mass is 198 g/mol. The molecule has 1 saturated carbocycles. The third-order valence-corrected chi connectivity index (χ3v) is 3.86. The summed E-state index contributed by atoms with van der Waals surface area (Å²) >= 11 is 0. The molecule has 0 radical (unpaired) electrons. The van der Waals surface area contributed by atoms with Gasteiger partial charge in [-0.2, -0.15) is 0 Å². The average molecular weight is 198 g/mol. The highest BCUT2D eigenvalue weighted by Gasteiger charge is 2.23. The van der Waals surface area contributed by atoms with E-state index in [0.29, 0.717) is 12.1 Å². The molecule has 2 nitrogen and oxygen atoms in total. The lowest BCUT2D eigenvalue weighted by Gasteiger charge is -2.36. The van der Waals surface area contributed by atoms with Crippen LogP contribution in [0.5, 0.6) is 0 Å². The van der Waals surface area contributed by atoms with Gasteiger partial charge in [-0.05, 0) is 46.2 Å². The Bertz CT molecular complexity index is 150. The van der Waals surface area contributed by atoms with Crippen LogP contribution in [0.15, 0.2) is 0 Å². The Morgan fingerprint density at radius 3 is 2.43 bits per heavy atom. The van der Waals surface area contributed by atoms with Crippen LogP contribution in [0.25, 0.3) is 0 Å². The van der Waals surface area contributed by atoms with Gasteiger partial charge in [0.2, 0.25) is 0 Å². The molecule has 0 spiro atoms. The zero-order valence-corrected chi connectivity index (χ0v) is 10.2. The zero-order chi connectivity index (χ0) is 10.6. The van der Waals surface area contributed by atoms with Crippen LogP contribution in [0.2, 0.25) is 0 Å². The van der Waals surface area contributed by atoms with E-state index >= 15 is 0 Å². The van der Waals surface area contributed by atoms with Crippen LogP contribution in [0.1, 0.15) is 39.5 Å². The summed E-state index contributed by atoms with van der Waals surface area (Å²) < 4.78 is 0. The minimum Gasteiger partial charge on any atom is -0.315 e. The van der Waals surface area contributed by atoms with E-state index in [1.165, 1.54) is 32.2 Å². The van der Waals surface area contributed by atoms with E-state index in [9.17, 15) is 0 Å². The molecule has 0 aromatic heterocycles. The van der Waals surface area contributed by atoms with Crippen molar-refractivity contribution in [3.8, 4) is 0 Å². The highest BCUT2D eigenvalue weighted by Crippen LogP contribution is 2.27. The van der Waals surface area contributed by atoms with Crippen molar-refractivity contribution in [2.45, 2.75) is 51.6 Å². The van der Waals surface area contributed by atoms with Gasteiger partial charge in [-0.25, -0.2) is 0 Å². The first kappa shape index (κ1) is 12.0. The van der Waals surface area contributed by atoms with Gasteiger partial charge in [-0.15, -0.1) is 0 Å². The summed E-state index contributed by atoms with van der Waals surface area (Å²) in [6.45, 7) is 5.89. The minimum atomic E-state index is 0.639. The zero-order valence-electron chi connectivity index (χ0n) is 10.2. The predicted octanol–water partition coefficient (Wildman–Crippen LogP) is 2.10. The van der Waals surface area contributed by atoms with Gasteiger partial charge in [0.1, 0.15) is 0 Å². The quantitative estimate of drug-likeness (QED) is 0.703. The number of rotatable bonds is 6. The molecule has 1 aliphatic carbocycles. The van der Waals surface area contributed by atoms with E-state index in [0.717, 1.165) is 5.92 Å². The first-order valence-corrected chi connectivity index (χ1v) is 6.06. The second-order valence-electron chi connectivity index (χ2n) is 4.78. The van der Waals surface area contributed by atoms with Crippen molar-refractivity contribution in [2.24, 2.45) is 5.92 Å². The molecule has 14 heavy (non-hydrogen) atoms. The van der Waals surface area contributed by atoms with Crippen molar-refractivity contribution in [3.05, 3.63) is 0 Å². The van der Waals surface area contributed by atoms with Gasteiger partial charge in [0.05, 0.1) is 0 Å². The lowest BCUT2D eigenvalue weighted by molar-refractivity contribution is 0.145.